The van der Waals surface area contributed by atoms with E-state index in [1.54, 1.807) is 7.05 Å². The number of hydrogen-bond donors (Lipinski definition) is 1. The van der Waals surface area contributed by atoms with Crippen molar-refractivity contribution in [3.05, 3.63) is 33.8 Å². The van der Waals surface area contributed by atoms with Crippen LogP contribution in [-0.4, -0.2) is 50.6 Å². The van der Waals surface area contributed by atoms with Gasteiger partial charge in [0.15, 0.2) is 5.96 Å². The van der Waals surface area contributed by atoms with Crippen molar-refractivity contribution >= 4 is 35.1 Å². The minimum absolute atomic E-state index is 0.0120. The van der Waals surface area contributed by atoms with Gasteiger partial charge in [0.05, 0.1) is 23.1 Å². The molecule has 0 aliphatic carbocycles. The van der Waals surface area contributed by atoms with E-state index in [1.165, 1.54) is 7.11 Å². The van der Waals surface area contributed by atoms with Crippen LogP contribution in [0.25, 0.3) is 0 Å². The van der Waals surface area contributed by atoms with Crippen LogP contribution in [0.3, 0.4) is 0 Å². The third kappa shape index (κ3) is 5.04. The number of nitrogens with one attached hydrogen (secondary N) is 1. The van der Waals surface area contributed by atoms with Crippen LogP contribution in [0.15, 0.2) is 23.2 Å². The molecule has 0 atom stereocenters. The van der Waals surface area contributed by atoms with E-state index in [1.807, 2.05) is 18.2 Å². The van der Waals surface area contributed by atoms with E-state index in [4.69, 9.17) is 27.9 Å². The molecule has 0 amide bonds. The molecule has 0 aromatic heterocycles. The van der Waals surface area contributed by atoms with Crippen LogP contribution in [0.5, 0.6) is 0 Å². The molecule has 1 aromatic carbocycles. The summed E-state index contributed by atoms with van der Waals surface area (Å²) in [6.45, 7) is 6.57. The van der Waals surface area contributed by atoms with Gasteiger partial charge in [0.2, 0.25) is 0 Å². The number of ether oxygens (including phenoxy) is 1. The molecule has 0 unspecified atom stereocenters. The van der Waals surface area contributed by atoms with Crippen LogP contribution in [-0.2, 0) is 14.9 Å². The molecule has 1 saturated heterocycles. The molecule has 1 aromatic rings. The summed E-state index contributed by atoms with van der Waals surface area (Å²) in [5.74, 6) is 0.719. The summed E-state index contributed by atoms with van der Waals surface area (Å²) in [6, 6.07) is 5.74. The van der Waals surface area contributed by atoms with E-state index in [0.29, 0.717) is 16.6 Å². The van der Waals surface area contributed by atoms with Crippen LogP contribution >= 0.6 is 23.2 Å². The molecule has 0 saturated carbocycles. The van der Waals surface area contributed by atoms with Gasteiger partial charge in [-0.15, -0.1) is 0 Å². The van der Waals surface area contributed by atoms with Gasteiger partial charge in [-0.3, -0.25) is 9.79 Å². The lowest BCUT2D eigenvalue weighted by atomic mass is 9.84. The average Bonchev–Trinajstić information content (AvgIpc) is 2.64. The fraction of sp³-hybridized carbons (Fsp3) is 0.579. The van der Waals surface area contributed by atoms with Gasteiger partial charge in [0, 0.05) is 32.1 Å². The summed E-state index contributed by atoms with van der Waals surface area (Å²) >= 11 is 12.2. The highest BCUT2D eigenvalue weighted by molar-refractivity contribution is 6.42. The van der Waals surface area contributed by atoms with Crippen molar-refractivity contribution in [2.45, 2.75) is 32.1 Å². The maximum absolute atomic E-state index is 11.7. The average molecular weight is 400 g/mol. The molecule has 144 valence electrons. The quantitative estimate of drug-likeness (QED) is 0.476. The topological polar surface area (TPSA) is 53.9 Å². The largest absolute Gasteiger partial charge is 0.469 e. The first kappa shape index (κ1) is 20.8. The van der Waals surface area contributed by atoms with Crippen molar-refractivity contribution in [1.29, 1.82) is 0 Å². The zero-order valence-corrected chi connectivity index (χ0v) is 17.3. The molecule has 5 nitrogen and oxygen atoms in total. The second-order valence-electron chi connectivity index (χ2n) is 7.20. The Morgan fingerprint density at radius 2 is 1.96 bits per heavy atom. The Kier molecular flexibility index (Phi) is 7.18. The van der Waals surface area contributed by atoms with Gasteiger partial charge in [0.1, 0.15) is 0 Å². The molecule has 0 spiro atoms. The lowest BCUT2D eigenvalue weighted by molar-refractivity contribution is -0.146. The molecule has 1 aliphatic heterocycles. The summed E-state index contributed by atoms with van der Waals surface area (Å²) < 4.78 is 4.85. The number of piperidine rings is 1. The van der Waals surface area contributed by atoms with Crippen LogP contribution in [0, 0.1) is 5.92 Å². The summed E-state index contributed by atoms with van der Waals surface area (Å²) in [4.78, 5) is 18.3. The number of aliphatic imine (C=N–C) groups is 1. The Labute approximate surface area is 165 Å². The Hall–Kier alpha value is -1.46. The first-order valence-corrected chi connectivity index (χ1v) is 9.53. The van der Waals surface area contributed by atoms with Crippen molar-refractivity contribution in [2.24, 2.45) is 10.9 Å². The van der Waals surface area contributed by atoms with Crippen molar-refractivity contribution in [1.82, 2.24) is 10.2 Å². The molecule has 1 aliphatic rings. The van der Waals surface area contributed by atoms with Gasteiger partial charge in [0.25, 0.3) is 0 Å². The highest BCUT2D eigenvalue weighted by atomic mass is 35.5. The van der Waals surface area contributed by atoms with Crippen molar-refractivity contribution < 1.29 is 9.53 Å². The monoisotopic (exact) mass is 399 g/mol. The fourth-order valence-electron chi connectivity index (χ4n) is 3.15. The molecule has 1 heterocycles. The van der Waals surface area contributed by atoms with E-state index in [-0.39, 0.29) is 17.3 Å². The number of carbonyl (C=O) groups excluding carboxylic acids is 1. The van der Waals surface area contributed by atoms with Crippen molar-refractivity contribution in [3.8, 4) is 0 Å². The Morgan fingerprint density at radius 3 is 2.50 bits per heavy atom. The first-order valence-electron chi connectivity index (χ1n) is 8.77. The fourth-order valence-corrected chi connectivity index (χ4v) is 3.44. The predicted octanol–water partition coefficient (Wildman–Crippen LogP) is 3.73. The number of benzene rings is 1. The molecule has 0 bridgehead atoms. The molecular formula is C19H27Cl2N3O2. The number of halogens is 2. The molecule has 7 heteroatoms. The van der Waals surface area contributed by atoms with Crippen LogP contribution < -0.4 is 5.32 Å². The van der Waals surface area contributed by atoms with Crippen molar-refractivity contribution in [2.75, 3.05) is 33.8 Å². The third-order valence-electron chi connectivity index (χ3n) is 4.93. The Bertz CT molecular complexity index is 669. The Morgan fingerprint density at radius 1 is 1.31 bits per heavy atom. The van der Waals surface area contributed by atoms with E-state index in [2.05, 4.69) is 29.1 Å². The molecule has 2 rings (SSSR count). The summed E-state index contributed by atoms with van der Waals surface area (Å²) in [5, 5.41) is 4.57. The molecule has 0 radical (unpaired) electrons. The smallest absolute Gasteiger partial charge is 0.308 e. The van der Waals surface area contributed by atoms with Gasteiger partial charge in [-0.25, -0.2) is 0 Å². The first-order chi connectivity index (χ1) is 12.3. The minimum atomic E-state index is -0.144. The van der Waals surface area contributed by atoms with Gasteiger partial charge < -0.3 is 15.0 Å². The number of nitrogens with zero attached hydrogens (tertiary/aromatic N) is 2. The summed E-state index contributed by atoms with van der Waals surface area (Å²) in [7, 11) is 3.22. The van der Waals surface area contributed by atoms with E-state index in [0.717, 1.165) is 37.5 Å². The molecule has 1 fully saturated rings. The van der Waals surface area contributed by atoms with E-state index in [9.17, 15) is 4.79 Å². The van der Waals surface area contributed by atoms with Gasteiger partial charge in [-0.05, 0) is 30.5 Å². The minimum Gasteiger partial charge on any atom is -0.469 e. The van der Waals surface area contributed by atoms with Crippen LogP contribution in [0.4, 0.5) is 0 Å². The predicted molar refractivity (Wildman–Crippen MR) is 107 cm³/mol. The van der Waals surface area contributed by atoms with Gasteiger partial charge >= 0.3 is 5.97 Å². The number of likely N-dealkylation sites (tertiary alicyclic amines) is 1. The highest BCUT2D eigenvalue weighted by Crippen LogP contribution is 2.29. The maximum atomic E-state index is 11.7. The zero-order chi connectivity index (χ0) is 19.3. The van der Waals surface area contributed by atoms with Crippen molar-refractivity contribution in [3.63, 3.8) is 0 Å². The molecular weight excluding hydrogens is 373 g/mol. The number of carbonyl (C=O) groups is 1. The third-order valence-corrected chi connectivity index (χ3v) is 5.67. The SMILES string of the molecule is CN=C(NCC(C)(C)c1ccc(Cl)c(Cl)c1)N1CCC(C(=O)OC)CC1. The van der Waals surface area contributed by atoms with E-state index >= 15 is 0 Å². The van der Waals surface area contributed by atoms with E-state index < -0.39 is 0 Å². The number of hydrogen-bond acceptors (Lipinski definition) is 3. The second-order valence-corrected chi connectivity index (χ2v) is 8.01. The summed E-state index contributed by atoms with van der Waals surface area (Å²) in [6.07, 6.45) is 1.56. The zero-order valence-electron chi connectivity index (χ0n) is 15.8. The van der Waals surface area contributed by atoms with Crippen LogP contribution in [0.1, 0.15) is 32.3 Å². The highest BCUT2D eigenvalue weighted by Gasteiger charge is 2.28. The standard InChI is InChI=1S/C19H27Cl2N3O2/c1-19(2,14-5-6-15(20)16(21)11-14)12-23-18(22-3)24-9-7-13(8-10-24)17(25)26-4/h5-6,11,13H,7-10,12H2,1-4H3,(H,22,23). The lowest BCUT2D eigenvalue weighted by Crippen LogP contribution is -2.49. The molecule has 26 heavy (non-hydrogen) atoms. The lowest BCUT2D eigenvalue weighted by Gasteiger charge is -2.35. The van der Waals surface area contributed by atoms with Gasteiger partial charge in [-0.2, -0.15) is 0 Å². The van der Waals surface area contributed by atoms with Gasteiger partial charge in [-0.1, -0.05) is 43.1 Å². The number of rotatable bonds is 4. The van der Waals surface area contributed by atoms with Crippen LogP contribution in [0.2, 0.25) is 10.0 Å². The number of methoxy groups -OCH3 is 1. The second kappa shape index (κ2) is 8.96. The Balaban J connectivity index is 1.96. The summed E-state index contributed by atoms with van der Waals surface area (Å²) in [5.41, 5.74) is 0.966. The maximum Gasteiger partial charge on any atom is 0.308 e. The normalized spacial score (nSPS) is 16.5. The molecule has 1 N–H and O–H groups in total. The number of guanidine groups is 1. The number of esters is 1.